The third-order valence-electron chi connectivity index (χ3n) is 6.99. The number of terminal acetylenes is 1. The van der Waals surface area contributed by atoms with Gasteiger partial charge in [0.05, 0.1) is 0 Å². The summed E-state index contributed by atoms with van der Waals surface area (Å²) in [5, 5.41) is 20.6. The van der Waals surface area contributed by atoms with Gasteiger partial charge in [0, 0.05) is 17.4 Å². The molecule has 3 aliphatic carbocycles. The molecule has 0 aromatic heterocycles. The average molecular weight is 310 g/mol. The van der Waals surface area contributed by atoms with Crippen LogP contribution in [0.15, 0.2) is 18.2 Å². The van der Waals surface area contributed by atoms with Crippen molar-refractivity contribution < 1.29 is 15.0 Å². The first-order valence-corrected chi connectivity index (χ1v) is 8.46. The summed E-state index contributed by atoms with van der Waals surface area (Å²) in [6, 6.07) is 5.19. The number of fused-ring (bicyclic) bond motifs is 5. The lowest BCUT2D eigenvalue weighted by Gasteiger charge is -2.51. The lowest BCUT2D eigenvalue weighted by Crippen LogP contribution is -2.50. The van der Waals surface area contributed by atoms with Gasteiger partial charge in [-0.25, -0.2) is 0 Å². The van der Waals surface area contributed by atoms with Crippen LogP contribution in [0.3, 0.4) is 0 Å². The Balaban J connectivity index is 1.77. The third-order valence-corrected chi connectivity index (χ3v) is 6.99. The van der Waals surface area contributed by atoms with Crippen LogP contribution in [0.4, 0.5) is 0 Å². The molecule has 0 heterocycles. The quantitative estimate of drug-likeness (QED) is 0.723. The molecule has 5 atom stereocenters. The van der Waals surface area contributed by atoms with Gasteiger partial charge in [-0.2, -0.15) is 0 Å². The molecule has 0 saturated heterocycles. The highest BCUT2D eigenvalue weighted by atomic mass is 16.3. The number of phenolic OH excluding ortho intramolecular Hbond substituents is 1. The lowest BCUT2D eigenvalue weighted by molar-refractivity contribution is -0.0629. The molecule has 4 rings (SSSR count). The summed E-state index contributed by atoms with van der Waals surface area (Å²) >= 11 is 0. The molecule has 0 amide bonds. The van der Waals surface area contributed by atoms with Gasteiger partial charge >= 0.3 is 0 Å². The van der Waals surface area contributed by atoms with E-state index in [9.17, 15) is 15.0 Å². The largest absolute Gasteiger partial charge is 0.508 e. The summed E-state index contributed by atoms with van der Waals surface area (Å²) < 4.78 is 0. The lowest BCUT2D eigenvalue weighted by atomic mass is 9.53. The van der Waals surface area contributed by atoms with Gasteiger partial charge in [0.25, 0.3) is 0 Å². The maximum Gasteiger partial charge on any atom is 0.163 e. The number of aromatic hydroxyl groups is 1. The van der Waals surface area contributed by atoms with Crippen LogP contribution in [-0.2, 0) is 0 Å². The second-order valence-electron chi connectivity index (χ2n) is 7.78. The van der Waals surface area contributed by atoms with Gasteiger partial charge in [-0.1, -0.05) is 18.9 Å². The Morgan fingerprint density at radius 2 is 2.09 bits per heavy atom. The van der Waals surface area contributed by atoms with Crippen LogP contribution in [0.2, 0.25) is 0 Å². The molecule has 3 heteroatoms. The minimum Gasteiger partial charge on any atom is -0.508 e. The van der Waals surface area contributed by atoms with Crippen molar-refractivity contribution in [2.45, 2.75) is 50.5 Å². The van der Waals surface area contributed by atoms with Crippen LogP contribution in [0, 0.1) is 29.6 Å². The van der Waals surface area contributed by atoms with E-state index in [1.54, 1.807) is 12.1 Å². The third kappa shape index (κ3) is 1.79. The fraction of sp³-hybridized carbons (Fsp3) is 0.550. The molecule has 1 aromatic carbocycles. The molecular formula is C20H22O3. The number of ketones is 1. The van der Waals surface area contributed by atoms with Crippen LogP contribution < -0.4 is 0 Å². The second-order valence-corrected chi connectivity index (χ2v) is 7.78. The summed E-state index contributed by atoms with van der Waals surface area (Å²) in [5.41, 5.74) is 0.417. The van der Waals surface area contributed by atoms with Gasteiger partial charge < -0.3 is 10.2 Å². The highest BCUT2D eigenvalue weighted by molar-refractivity contribution is 5.99. The van der Waals surface area contributed by atoms with E-state index in [1.165, 1.54) is 0 Å². The number of hydrogen-bond donors (Lipinski definition) is 2. The number of phenols is 1. The normalized spacial score (nSPS) is 41.6. The fourth-order valence-electron chi connectivity index (χ4n) is 5.64. The first-order valence-electron chi connectivity index (χ1n) is 8.46. The summed E-state index contributed by atoms with van der Waals surface area (Å²) in [7, 11) is 0. The van der Waals surface area contributed by atoms with Crippen LogP contribution in [-0.4, -0.2) is 21.6 Å². The Hall–Kier alpha value is -1.79. The SMILES string of the molecule is C#C[C@]1(O)CCC2C3CC(=O)c4cc(O)ccc4C3CC[C@@]21C. The van der Waals surface area contributed by atoms with E-state index >= 15 is 0 Å². The Morgan fingerprint density at radius 3 is 2.83 bits per heavy atom. The Morgan fingerprint density at radius 1 is 1.30 bits per heavy atom. The summed E-state index contributed by atoms with van der Waals surface area (Å²) in [5.74, 6) is 3.78. The van der Waals surface area contributed by atoms with E-state index in [0.29, 0.717) is 24.3 Å². The average Bonchev–Trinajstić information content (AvgIpc) is 2.80. The molecule has 3 nitrogen and oxygen atoms in total. The van der Waals surface area contributed by atoms with E-state index in [1.807, 2.05) is 6.07 Å². The van der Waals surface area contributed by atoms with Gasteiger partial charge in [-0.05, 0) is 61.1 Å². The summed E-state index contributed by atoms with van der Waals surface area (Å²) in [6.07, 6.45) is 9.49. The van der Waals surface area contributed by atoms with Crippen molar-refractivity contribution >= 4 is 5.78 Å². The Bertz CT molecular complexity index is 731. The zero-order valence-electron chi connectivity index (χ0n) is 13.4. The highest BCUT2D eigenvalue weighted by Crippen LogP contribution is 2.64. The van der Waals surface area contributed by atoms with E-state index in [2.05, 4.69) is 12.8 Å². The number of rotatable bonds is 0. The predicted octanol–water partition coefficient (Wildman–Crippen LogP) is 3.25. The molecule has 2 fully saturated rings. The van der Waals surface area contributed by atoms with E-state index in [4.69, 9.17) is 6.42 Å². The highest BCUT2D eigenvalue weighted by Gasteiger charge is 2.61. The molecule has 0 bridgehead atoms. The number of carbonyl (C=O) groups is 1. The first kappa shape index (κ1) is 14.8. The first-order chi connectivity index (χ1) is 10.9. The van der Waals surface area contributed by atoms with Gasteiger partial charge in [0.2, 0.25) is 0 Å². The van der Waals surface area contributed by atoms with Crippen molar-refractivity contribution in [2.75, 3.05) is 0 Å². The minimum atomic E-state index is -1.04. The molecule has 1 aromatic rings. The molecule has 0 aliphatic heterocycles. The monoisotopic (exact) mass is 310 g/mol. The molecule has 120 valence electrons. The Kier molecular flexibility index (Phi) is 2.96. The number of Topliss-reactive ketones (excluding diaryl/α,β-unsaturated/α-hetero) is 1. The van der Waals surface area contributed by atoms with E-state index < -0.39 is 5.60 Å². The van der Waals surface area contributed by atoms with Crippen molar-refractivity contribution in [2.24, 2.45) is 17.3 Å². The van der Waals surface area contributed by atoms with Crippen LogP contribution in [0.5, 0.6) is 5.75 Å². The number of aliphatic hydroxyl groups is 1. The van der Waals surface area contributed by atoms with Gasteiger partial charge in [-0.3, -0.25) is 4.79 Å². The van der Waals surface area contributed by atoms with Crippen molar-refractivity contribution in [3.63, 3.8) is 0 Å². The van der Waals surface area contributed by atoms with Gasteiger partial charge in [-0.15, -0.1) is 6.42 Å². The standard InChI is InChI=1S/C20H22O3/c1-3-20(23)9-7-17-15-11-18(22)16-10-12(21)4-5-13(16)14(15)6-8-19(17,20)2/h1,4-5,10,14-15,17,21,23H,6-9,11H2,2H3/t14?,15?,17?,19-,20-/m0/s1. The van der Waals surface area contributed by atoms with Crippen LogP contribution >= 0.6 is 0 Å². The maximum absolute atomic E-state index is 12.6. The van der Waals surface area contributed by atoms with E-state index in [-0.39, 0.29) is 28.8 Å². The number of benzene rings is 1. The van der Waals surface area contributed by atoms with Crippen LogP contribution in [0.25, 0.3) is 0 Å². The van der Waals surface area contributed by atoms with Crippen LogP contribution in [0.1, 0.15) is 60.9 Å². The zero-order chi connectivity index (χ0) is 16.4. The molecule has 23 heavy (non-hydrogen) atoms. The number of hydrogen-bond acceptors (Lipinski definition) is 3. The number of carbonyl (C=O) groups excluding carboxylic acids is 1. The molecule has 2 N–H and O–H groups in total. The second kappa shape index (κ2) is 4.61. The summed E-state index contributed by atoms with van der Waals surface area (Å²) in [4.78, 5) is 12.6. The molecule has 0 radical (unpaired) electrons. The van der Waals surface area contributed by atoms with Crippen molar-refractivity contribution in [3.05, 3.63) is 29.3 Å². The van der Waals surface area contributed by atoms with E-state index in [0.717, 1.165) is 24.8 Å². The fourth-order valence-corrected chi connectivity index (χ4v) is 5.64. The maximum atomic E-state index is 12.6. The molecule has 3 aliphatic rings. The van der Waals surface area contributed by atoms with Crippen molar-refractivity contribution in [1.82, 2.24) is 0 Å². The molecule has 2 saturated carbocycles. The molecular weight excluding hydrogens is 288 g/mol. The predicted molar refractivity (Wildman–Crippen MR) is 87.1 cm³/mol. The van der Waals surface area contributed by atoms with Crippen molar-refractivity contribution in [1.29, 1.82) is 0 Å². The Labute approximate surface area is 136 Å². The molecule has 0 spiro atoms. The zero-order valence-corrected chi connectivity index (χ0v) is 13.4. The van der Waals surface area contributed by atoms with Crippen molar-refractivity contribution in [3.8, 4) is 18.1 Å². The topological polar surface area (TPSA) is 57.5 Å². The summed E-state index contributed by atoms with van der Waals surface area (Å²) in [6.45, 7) is 2.11. The molecule has 3 unspecified atom stereocenters. The smallest absolute Gasteiger partial charge is 0.163 e. The minimum absolute atomic E-state index is 0.109. The van der Waals surface area contributed by atoms with Gasteiger partial charge in [0.15, 0.2) is 5.78 Å². The van der Waals surface area contributed by atoms with Gasteiger partial charge in [0.1, 0.15) is 11.4 Å².